The first-order valence-electron chi connectivity index (χ1n) is 10.5. The second kappa shape index (κ2) is 9.73. The highest BCUT2D eigenvalue weighted by atomic mass is 32.2. The molecule has 154 valence electrons. The molecule has 0 bridgehead atoms. The van der Waals surface area contributed by atoms with E-state index < -0.39 is 9.84 Å². The fourth-order valence-electron chi connectivity index (χ4n) is 4.13. The summed E-state index contributed by atoms with van der Waals surface area (Å²) in [5, 5.41) is 0. The average Bonchev–Trinajstić information content (AvgIpc) is 2.85. The Hall–Kier alpha value is -1.62. The standard InChI is InChI=1S/C23H31FO3S/c1-2-3-6-14-27-23-12-11-19(17-22(23)24)20-10-5-4-8-18-9-7-15-28(25,26)16-13-21(18)20/h8,11-13,17,20H,2-7,9-10,14-16H2,1H3. The molecule has 3 rings (SSSR count). The van der Waals surface area contributed by atoms with Gasteiger partial charge in [-0.3, -0.25) is 0 Å². The normalized spacial score (nSPS) is 22.1. The summed E-state index contributed by atoms with van der Waals surface area (Å²) in [6.45, 7) is 2.66. The highest BCUT2D eigenvalue weighted by Gasteiger charge is 2.25. The Morgan fingerprint density at radius 2 is 2.04 bits per heavy atom. The smallest absolute Gasteiger partial charge is 0.165 e. The topological polar surface area (TPSA) is 43.4 Å². The minimum Gasteiger partial charge on any atom is -0.491 e. The van der Waals surface area contributed by atoms with Gasteiger partial charge in [0, 0.05) is 5.92 Å². The van der Waals surface area contributed by atoms with Crippen LogP contribution in [0.25, 0.3) is 0 Å². The Labute approximate surface area is 168 Å². The van der Waals surface area contributed by atoms with Crippen molar-refractivity contribution in [3.05, 3.63) is 52.9 Å². The largest absolute Gasteiger partial charge is 0.491 e. The summed E-state index contributed by atoms with van der Waals surface area (Å²) in [5.74, 6) is 0.349. The maximum absolute atomic E-state index is 14.7. The van der Waals surface area contributed by atoms with E-state index in [-0.39, 0.29) is 23.2 Å². The van der Waals surface area contributed by atoms with Gasteiger partial charge in [-0.15, -0.1) is 0 Å². The second-order valence-corrected chi connectivity index (χ2v) is 10.1. The molecule has 1 atom stereocenters. The summed E-state index contributed by atoms with van der Waals surface area (Å²) in [6.07, 6.45) is 11.6. The minimum atomic E-state index is -3.04. The van der Waals surface area contributed by atoms with Gasteiger partial charge in [0.15, 0.2) is 21.4 Å². The molecule has 1 aliphatic carbocycles. The zero-order valence-corrected chi connectivity index (χ0v) is 17.6. The van der Waals surface area contributed by atoms with Crippen LogP contribution in [-0.2, 0) is 9.84 Å². The maximum atomic E-state index is 14.7. The van der Waals surface area contributed by atoms with Gasteiger partial charge in [0.25, 0.3) is 0 Å². The van der Waals surface area contributed by atoms with Crippen LogP contribution in [0.1, 0.15) is 69.8 Å². The number of unbranched alkanes of at least 4 members (excludes halogenated alkanes) is 2. The molecule has 28 heavy (non-hydrogen) atoms. The van der Waals surface area contributed by atoms with E-state index >= 15 is 0 Å². The summed E-state index contributed by atoms with van der Waals surface area (Å²) < 4.78 is 44.5. The third-order valence-corrected chi connectivity index (χ3v) is 7.24. The molecule has 0 radical (unpaired) electrons. The van der Waals surface area contributed by atoms with Gasteiger partial charge in [-0.05, 0) is 67.4 Å². The quantitative estimate of drug-likeness (QED) is 0.567. The van der Waals surface area contributed by atoms with E-state index in [0.717, 1.165) is 56.1 Å². The first-order valence-corrected chi connectivity index (χ1v) is 12.3. The van der Waals surface area contributed by atoms with Crippen molar-refractivity contribution in [2.45, 2.75) is 64.2 Å². The molecule has 5 heteroatoms. The van der Waals surface area contributed by atoms with Gasteiger partial charge >= 0.3 is 0 Å². The molecular formula is C23H31FO3S. The van der Waals surface area contributed by atoms with E-state index in [1.54, 1.807) is 12.1 Å². The Balaban J connectivity index is 1.84. The molecule has 0 N–H and O–H groups in total. The van der Waals surface area contributed by atoms with E-state index in [9.17, 15) is 12.8 Å². The van der Waals surface area contributed by atoms with Gasteiger partial charge in [-0.1, -0.05) is 38.0 Å². The molecule has 0 aromatic heterocycles. The van der Waals surface area contributed by atoms with Gasteiger partial charge in [0.05, 0.1) is 18.1 Å². The number of halogens is 1. The summed E-state index contributed by atoms with van der Waals surface area (Å²) in [7, 11) is -3.04. The maximum Gasteiger partial charge on any atom is 0.165 e. The minimum absolute atomic E-state index is 0.0469. The number of ether oxygens (including phenoxy) is 1. The number of fused-ring (bicyclic) bond motifs is 1. The van der Waals surface area contributed by atoms with E-state index in [0.29, 0.717) is 18.8 Å². The van der Waals surface area contributed by atoms with E-state index in [1.165, 1.54) is 5.57 Å². The summed E-state index contributed by atoms with van der Waals surface area (Å²) >= 11 is 0. The van der Waals surface area contributed by atoms with Gasteiger partial charge in [0.2, 0.25) is 0 Å². The molecule has 1 unspecified atom stereocenters. The SMILES string of the molecule is CCCCCOc1ccc(C2CCCC=C3CCCS(=O)(=O)CC=C32)cc1F. The number of sulfone groups is 1. The lowest BCUT2D eigenvalue weighted by Crippen LogP contribution is -2.15. The lowest BCUT2D eigenvalue weighted by molar-refractivity contribution is 0.291. The number of benzene rings is 1. The number of hydrogen-bond donors (Lipinski definition) is 0. The van der Waals surface area contributed by atoms with Crippen molar-refractivity contribution < 1.29 is 17.5 Å². The van der Waals surface area contributed by atoms with Gasteiger partial charge in [0.1, 0.15) is 0 Å². The second-order valence-electron chi connectivity index (χ2n) is 7.84. The third-order valence-electron chi connectivity index (χ3n) is 5.66. The molecule has 0 saturated heterocycles. The van der Waals surface area contributed by atoms with Crippen LogP contribution >= 0.6 is 0 Å². The van der Waals surface area contributed by atoms with Crippen LogP contribution in [0.4, 0.5) is 4.39 Å². The van der Waals surface area contributed by atoms with Crippen LogP contribution in [0.15, 0.2) is 41.5 Å². The molecule has 3 nitrogen and oxygen atoms in total. The molecule has 0 spiro atoms. The molecule has 1 aromatic carbocycles. The first kappa shape index (κ1) is 21.1. The van der Waals surface area contributed by atoms with Crippen molar-refractivity contribution in [2.75, 3.05) is 18.1 Å². The Morgan fingerprint density at radius 3 is 2.82 bits per heavy atom. The lowest BCUT2D eigenvalue weighted by Gasteiger charge is -2.24. The van der Waals surface area contributed by atoms with E-state index in [2.05, 4.69) is 13.0 Å². The monoisotopic (exact) mass is 406 g/mol. The Bertz CT molecular complexity index is 839. The zero-order chi connectivity index (χ0) is 20.0. The molecule has 1 aromatic rings. The van der Waals surface area contributed by atoms with Crippen molar-refractivity contribution in [1.82, 2.24) is 0 Å². The van der Waals surface area contributed by atoms with Gasteiger partial charge in [-0.2, -0.15) is 0 Å². The summed E-state index contributed by atoms with van der Waals surface area (Å²) in [6, 6.07) is 5.25. The summed E-state index contributed by atoms with van der Waals surface area (Å²) in [4.78, 5) is 0. The molecule has 1 aliphatic heterocycles. The number of rotatable bonds is 6. The van der Waals surface area contributed by atoms with Crippen molar-refractivity contribution in [2.24, 2.45) is 0 Å². The van der Waals surface area contributed by atoms with Crippen molar-refractivity contribution >= 4 is 9.84 Å². The third kappa shape index (κ3) is 5.47. The van der Waals surface area contributed by atoms with Crippen LogP contribution in [0.3, 0.4) is 0 Å². The first-order chi connectivity index (χ1) is 13.5. The Morgan fingerprint density at radius 1 is 1.18 bits per heavy atom. The fraction of sp³-hybridized carbons (Fsp3) is 0.565. The van der Waals surface area contributed by atoms with Gasteiger partial charge in [-0.25, -0.2) is 12.8 Å². The molecule has 0 saturated carbocycles. The van der Waals surface area contributed by atoms with E-state index in [1.807, 2.05) is 12.1 Å². The van der Waals surface area contributed by atoms with Crippen LogP contribution in [-0.4, -0.2) is 26.5 Å². The van der Waals surface area contributed by atoms with Crippen molar-refractivity contribution in [3.8, 4) is 5.75 Å². The highest BCUT2D eigenvalue weighted by Crippen LogP contribution is 2.40. The summed E-state index contributed by atoms with van der Waals surface area (Å²) in [5.41, 5.74) is 3.24. The molecule has 1 heterocycles. The van der Waals surface area contributed by atoms with Gasteiger partial charge < -0.3 is 4.74 Å². The molecular weight excluding hydrogens is 375 g/mol. The number of hydrogen-bond acceptors (Lipinski definition) is 3. The van der Waals surface area contributed by atoms with Crippen LogP contribution in [0.5, 0.6) is 5.75 Å². The van der Waals surface area contributed by atoms with Crippen molar-refractivity contribution in [3.63, 3.8) is 0 Å². The predicted octanol–water partition coefficient (Wildman–Crippen LogP) is 5.72. The number of allylic oxidation sites excluding steroid dienone is 3. The molecule has 0 amide bonds. The fourth-order valence-corrected chi connectivity index (χ4v) is 5.31. The average molecular weight is 407 g/mol. The molecule has 2 aliphatic rings. The van der Waals surface area contributed by atoms with Crippen LogP contribution in [0, 0.1) is 5.82 Å². The van der Waals surface area contributed by atoms with Crippen LogP contribution < -0.4 is 4.74 Å². The predicted molar refractivity (Wildman–Crippen MR) is 112 cm³/mol. The zero-order valence-electron chi connectivity index (χ0n) is 16.8. The van der Waals surface area contributed by atoms with Crippen molar-refractivity contribution in [1.29, 1.82) is 0 Å². The highest BCUT2D eigenvalue weighted by molar-refractivity contribution is 7.91. The Kier molecular flexibility index (Phi) is 7.33. The molecule has 0 fully saturated rings. The van der Waals surface area contributed by atoms with E-state index in [4.69, 9.17) is 4.74 Å². The lowest BCUT2D eigenvalue weighted by atomic mass is 9.83. The van der Waals surface area contributed by atoms with Crippen LogP contribution in [0.2, 0.25) is 0 Å².